The first kappa shape index (κ1) is 23.5. The summed E-state index contributed by atoms with van der Waals surface area (Å²) in [6, 6.07) is 2.89. The molecule has 9 heteroatoms. The SMILES string of the molecule is CC(C)(Oc1cc(C(F)(F)F)ccc1Cl)C(=O)NC1[C@@H]2CC3C[C@H]1CC(N)(C3)C2.Cl. The van der Waals surface area contributed by atoms with Crippen molar-refractivity contribution in [1.82, 2.24) is 5.32 Å². The molecule has 0 heterocycles. The maximum atomic E-state index is 13.0. The molecule has 0 saturated heterocycles. The Bertz CT molecular complexity index is 815. The fourth-order valence-electron chi connectivity index (χ4n) is 5.73. The van der Waals surface area contributed by atoms with Crippen molar-refractivity contribution >= 4 is 29.9 Å². The molecule has 4 aliphatic rings. The third kappa shape index (κ3) is 4.39. The first-order valence-electron chi connectivity index (χ1n) is 10.0. The van der Waals surface area contributed by atoms with Gasteiger partial charge in [0.25, 0.3) is 5.91 Å². The number of alkyl halides is 3. The molecule has 1 amide bonds. The van der Waals surface area contributed by atoms with Crippen LogP contribution in [0.1, 0.15) is 51.5 Å². The Hall–Kier alpha value is -1.18. The third-order valence-electron chi connectivity index (χ3n) is 6.79. The Morgan fingerprint density at radius 3 is 2.33 bits per heavy atom. The highest BCUT2D eigenvalue weighted by Crippen LogP contribution is 2.54. The lowest BCUT2D eigenvalue weighted by Crippen LogP contribution is -2.66. The molecule has 0 spiro atoms. The van der Waals surface area contributed by atoms with E-state index in [1.165, 1.54) is 0 Å². The van der Waals surface area contributed by atoms with Crippen molar-refractivity contribution in [3.05, 3.63) is 28.8 Å². The largest absolute Gasteiger partial charge is 0.476 e. The van der Waals surface area contributed by atoms with Gasteiger partial charge in [-0.05, 0) is 81.9 Å². The van der Waals surface area contributed by atoms with Crippen LogP contribution in [0.25, 0.3) is 0 Å². The van der Waals surface area contributed by atoms with Gasteiger partial charge in [0.15, 0.2) is 5.60 Å². The normalized spacial score (nSPS) is 32.5. The Labute approximate surface area is 185 Å². The quantitative estimate of drug-likeness (QED) is 0.658. The number of hydrogen-bond acceptors (Lipinski definition) is 3. The van der Waals surface area contributed by atoms with Crippen molar-refractivity contribution in [2.24, 2.45) is 23.5 Å². The number of benzene rings is 1. The monoisotopic (exact) mass is 466 g/mol. The van der Waals surface area contributed by atoms with Crippen molar-refractivity contribution in [1.29, 1.82) is 0 Å². The van der Waals surface area contributed by atoms with Crippen LogP contribution in [0, 0.1) is 17.8 Å². The first-order valence-corrected chi connectivity index (χ1v) is 10.4. The van der Waals surface area contributed by atoms with Gasteiger partial charge in [-0.3, -0.25) is 4.79 Å². The van der Waals surface area contributed by atoms with Gasteiger partial charge < -0.3 is 15.8 Å². The van der Waals surface area contributed by atoms with E-state index < -0.39 is 17.3 Å². The molecule has 4 saturated carbocycles. The highest BCUT2D eigenvalue weighted by atomic mass is 35.5. The second-order valence-electron chi connectivity index (χ2n) is 9.59. The zero-order chi connectivity index (χ0) is 21.2. The van der Waals surface area contributed by atoms with Gasteiger partial charge in [-0.15, -0.1) is 12.4 Å². The van der Waals surface area contributed by atoms with Crippen molar-refractivity contribution in [2.45, 2.75) is 69.3 Å². The second-order valence-corrected chi connectivity index (χ2v) is 9.99. The highest BCUT2D eigenvalue weighted by Gasteiger charge is 2.54. The lowest BCUT2D eigenvalue weighted by atomic mass is 9.51. The number of rotatable bonds is 4. The number of hydrogen-bond donors (Lipinski definition) is 2. The van der Waals surface area contributed by atoms with E-state index in [1.54, 1.807) is 13.8 Å². The van der Waals surface area contributed by atoms with Gasteiger partial charge in [0, 0.05) is 11.6 Å². The standard InChI is InChI=1S/C21H26ClF3N2O2.ClH/c1-19(2,29-16-7-14(21(23,24)25)3-4-15(16)22)18(28)27-17-12-5-11-6-13(17)10-20(26,8-11)9-12;/h3-4,7,11-13,17H,5-6,8-10,26H2,1-2H3,(H,27,28);1H/t11?,12-,13+,17?,20?;. The van der Waals surface area contributed by atoms with Crippen LogP contribution in [0.2, 0.25) is 5.02 Å². The van der Waals surface area contributed by atoms with Crippen LogP contribution in [0.4, 0.5) is 13.2 Å². The summed E-state index contributed by atoms with van der Waals surface area (Å²) in [6.45, 7) is 3.08. The molecule has 0 aliphatic heterocycles. The lowest BCUT2D eigenvalue weighted by molar-refractivity contribution is -0.139. The van der Waals surface area contributed by atoms with Crippen LogP contribution in [-0.4, -0.2) is 23.1 Å². The maximum Gasteiger partial charge on any atom is 0.416 e. The van der Waals surface area contributed by atoms with Crippen LogP contribution in [0.5, 0.6) is 5.75 Å². The molecule has 3 unspecified atom stereocenters. The van der Waals surface area contributed by atoms with Gasteiger partial charge in [0.05, 0.1) is 10.6 Å². The topological polar surface area (TPSA) is 64.3 Å². The van der Waals surface area contributed by atoms with Gasteiger partial charge in [0.2, 0.25) is 0 Å². The average Bonchev–Trinajstić information content (AvgIpc) is 2.57. The molecule has 1 aromatic carbocycles. The number of halogens is 5. The van der Waals surface area contributed by atoms with Crippen molar-refractivity contribution in [3.63, 3.8) is 0 Å². The number of carbonyl (C=O) groups is 1. The number of nitrogens with two attached hydrogens (primary N) is 1. The minimum Gasteiger partial charge on any atom is -0.476 e. The summed E-state index contributed by atoms with van der Waals surface area (Å²) in [7, 11) is 0. The predicted octanol–water partition coefficient (Wildman–Crippen LogP) is 4.96. The number of ether oxygens (including phenoxy) is 1. The summed E-state index contributed by atoms with van der Waals surface area (Å²) in [5, 5.41) is 3.15. The van der Waals surface area contributed by atoms with E-state index in [2.05, 4.69) is 5.32 Å². The molecule has 30 heavy (non-hydrogen) atoms. The third-order valence-corrected chi connectivity index (χ3v) is 7.10. The second kappa shape index (κ2) is 7.75. The summed E-state index contributed by atoms with van der Waals surface area (Å²) in [6.07, 6.45) is 0.511. The van der Waals surface area contributed by atoms with Crippen molar-refractivity contribution in [3.8, 4) is 5.75 Å². The van der Waals surface area contributed by atoms with Crippen molar-refractivity contribution in [2.75, 3.05) is 0 Å². The maximum absolute atomic E-state index is 13.0. The number of carbonyl (C=O) groups excluding carboxylic acids is 1. The van der Waals surface area contributed by atoms with E-state index in [4.69, 9.17) is 22.1 Å². The minimum absolute atomic E-state index is 0. The molecule has 4 nitrogen and oxygen atoms in total. The molecule has 4 aliphatic carbocycles. The molecule has 0 aromatic heterocycles. The highest BCUT2D eigenvalue weighted by molar-refractivity contribution is 6.32. The Morgan fingerprint density at radius 1 is 1.20 bits per heavy atom. The van der Waals surface area contributed by atoms with Crippen LogP contribution in [0.15, 0.2) is 18.2 Å². The average molecular weight is 467 g/mol. The molecular weight excluding hydrogens is 440 g/mol. The first-order chi connectivity index (χ1) is 13.4. The predicted molar refractivity (Wildman–Crippen MR) is 111 cm³/mol. The van der Waals surface area contributed by atoms with E-state index in [1.807, 2.05) is 0 Å². The van der Waals surface area contributed by atoms with Gasteiger partial charge in [-0.1, -0.05) is 11.6 Å². The summed E-state index contributed by atoms with van der Waals surface area (Å²) in [5.41, 5.74) is 4.18. The van der Waals surface area contributed by atoms with Crippen LogP contribution < -0.4 is 15.8 Å². The molecular formula is C21H27Cl2F3N2O2. The lowest BCUT2D eigenvalue weighted by Gasteiger charge is -2.59. The molecule has 4 fully saturated rings. The summed E-state index contributed by atoms with van der Waals surface area (Å²) < 4.78 is 44.7. The van der Waals surface area contributed by atoms with E-state index in [0.717, 1.165) is 50.3 Å². The van der Waals surface area contributed by atoms with E-state index in [-0.39, 0.29) is 40.7 Å². The fraction of sp³-hybridized carbons (Fsp3) is 0.667. The van der Waals surface area contributed by atoms with Crippen molar-refractivity contribution < 1.29 is 22.7 Å². The number of amides is 1. The van der Waals surface area contributed by atoms with Crippen LogP contribution >= 0.6 is 24.0 Å². The zero-order valence-electron chi connectivity index (χ0n) is 16.9. The van der Waals surface area contributed by atoms with Crippen LogP contribution in [0.3, 0.4) is 0 Å². The molecule has 5 rings (SSSR count). The van der Waals surface area contributed by atoms with E-state index >= 15 is 0 Å². The Morgan fingerprint density at radius 2 is 1.80 bits per heavy atom. The smallest absolute Gasteiger partial charge is 0.416 e. The molecule has 5 atom stereocenters. The molecule has 3 N–H and O–H groups in total. The number of nitrogens with one attached hydrogen (secondary N) is 1. The minimum atomic E-state index is -4.52. The molecule has 168 valence electrons. The fourth-order valence-corrected chi connectivity index (χ4v) is 5.88. The van der Waals surface area contributed by atoms with Gasteiger partial charge >= 0.3 is 6.18 Å². The van der Waals surface area contributed by atoms with Gasteiger partial charge in [-0.2, -0.15) is 13.2 Å². The molecule has 0 radical (unpaired) electrons. The molecule has 4 bridgehead atoms. The molecule has 1 aromatic rings. The van der Waals surface area contributed by atoms with E-state index in [9.17, 15) is 18.0 Å². The zero-order valence-corrected chi connectivity index (χ0v) is 18.5. The summed E-state index contributed by atoms with van der Waals surface area (Å²) >= 11 is 6.03. The Kier molecular flexibility index (Phi) is 6.06. The van der Waals surface area contributed by atoms with Gasteiger partial charge in [-0.25, -0.2) is 0 Å². The van der Waals surface area contributed by atoms with E-state index in [0.29, 0.717) is 17.8 Å². The Balaban J connectivity index is 0.00000256. The van der Waals surface area contributed by atoms with Gasteiger partial charge in [0.1, 0.15) is 5.75 Å². The summed E-state index contributed by atoms with van der Waals surface area (Å²) in [5.74, 6) is 0.826. The van der Waals surface area contributed by atoms with Crippen LogP contribution in [-0.2, 0) is 11.0 Å². The summed E-state index contributed by atoms with van der Waals surface area (Å²) in [4.78, 5) is 13.0.